The summed E-state index contributed by atoms with van der Waals surface area (Å²) in [4.78, 5) is 24.3. The third-order valence-corrected chi connectivity index (χ3v) is 2.95. The topological polar surface area (TPSA) is 86.3 Å². The number of aromatic carboxylic acids is 1. The van der Waals surface area contributed by atoms with Crippen molar-refractivity contribution in [2.24, 2.45) is 0 Å². The molecule has 0 unspecified atom stereocenters. The van der Waals surface area contributed by atoms with E-state index in [0.717, 1.165) is 11.3 Å². The van der Waals surface area contributed by atoms with Gasteiger partial charge in [0.1, 0.15) is 0 Å². The Morgan fingerprint density at radius 1 is 1.25 bits per heavy atom. The Hall–Kier alpha value is -2.63. The molecular weight excluding hydrogens is 258 g/mol. The molecule has 0 saturated carbocycles. The van der Waals surface area contributed by atoms with Crippen LogP contribution in [-0.4, -0.2) is 39.1 Å². The summed E-state index contributed by atoms with van der Waals surface area (Å²) >= 11 is 0. The second kappa shape index (κ2) is 6.01. The van der Waals surface area contributed by atoms with Gasteiger partial charge in [0.25, 0.3) is 0 Å². The number of aromatic amines is 1. The molecule has 0 saturated heterocycles. The Balaban J connectivity index is 1.95. The number of benzene rings is 1. The lowest BCUT2D eigenvalue weighted by molar-refractivity contribution is -0.129. The quantitative estimate of drug-likeness (QED) is 0.860. The molecule has 0 atom stereocenters. The maximum Gasteiger partial charge on any atom is 0.335 e. The number of carboxylic acids is 1. The number of H-pyrrole nitrogens is 1. The van der Waals surface area contributed by atoms with Gasteiger partial charge in [0.15, 0.2) is 0 Å². The van der Waals surface area contributed by atoms with Gasteiger partial charge in [0, 0.05) is 25.5 Å². The molecule has 1 aromatic carbocycles. The van der Waals surface area contributed by atoms with E-state index in [0.29, 0.717) is 6.54 Å². The molecule has 6 nitrogen and oxygen atoms in total. The van der Waals surface area contributed by atoms with Crippen LogP contribution in [-0.2, 0) is 17.8 Å². The zero-order valence-electron chi connectivity index (χ0n) is 11.0. The molecule has 0 radical (unpaired) electrons. The first-order chi connectivity index (χ1) is 9.56. The molecular formula is C14H15N3O3. The third-order valence-electron chi connectivity index (χ3n) is 2.95. The van der Waals surface area contributed by atoms with Gasteiger partial charge in [-0.1, -0.05) is 12.1 Å². The van der Waals surface area contributed by atoms with Gasteiger partial charge in [-0.05, 0) is 23.8 Å². The third kappa shape index (κ3) is 3.44. The minimum absolute atomic E-state index is 0.0310. The van der Waals surface area contributed by atoms with Crippen LogP contribution in [0.5, 0.6) is 0 Å². The summed E-state index contributed by atoms with van der Waals surface area (Å²) in [6, 6.07) is 8.25. The fraction of sp³-hybridized carbons (Fsp3) is 0.214. The summed E-state index contributed by atoms with van der Waals surface area (Å²) in [7, 11) is 1.71. The Morgan fingerprint density at radius 3 is 2.50 bits per heavy atom. The molecule has 20 heavy (non-hydrogen) atoms. The lowest BCUT2D eigenvalue weighted by atomic mass is 10.1. The van der Waals surface area contributed by atoms with Crippen molar-refractivity contribution in [1.82, 2.24) is 15.1 Å². The monoisotopic (exact) mass is 273 g/mol. The summed E-state index contributed by atoms with van der Waals surface area (Å²) in [6.45, 7) is 0.437. The van der Waals surface area contributed by atoms with Crippen molar-refractivity contribution in [3.63, 3.8) is 0 Å². The van der Waals surface area contributed by atoms with Gasteiger partial charge in [0.2, 0.25) is 5.91 Å². The van der Waals surface area contributed by atoms with E-state index >= 15 is 0 Å². The van der Waals surface area contributed by atoms with Gasteiger partial charge in [0.05, 0.1) is 12.0 Å². The fourth-order valence-electron chi connectivity index (χ4n) is 1.80. The molecule has 0 aliphatic carbocycles. The van der Waals surface area contributed by atoms with E-state index in [1.165, 1.54) is 12.1 Å². The largest absolute Gasteiger partial charge is 0.478 e. The van der Waals surface area contributed by atoms with Gasteiger partial charge >= 0.3 is 5.97 Å². The van der Waals surface area contributed by atoms with Crippen molar-refractivity contribution < 1.29 is 14.7 Å². The van der Waals surface area contributed by atoms with Gasteiger partial charge in [-0.15, -0.1) is 0 Å². The van der Waals surface area contributed by atoms with Gasteiger partial charge in [-0.2, -0.15) is 5.10 Å². The van der Waals surface area contributed by atoms with E-state index < -0.39 is 5.97 Å². The number of hydrogen-bond donors (Lipinski definition) is 2. The number of carbonyl (C=O) groups excluding carboxylic acids is 1. The standard InChI is InChI=1S/C14H15N3O3/c1-17(13(18)8-12-6-7-15-16-12)9-10-2-4-11(5-3-10)14(19)20/h2-7H,8-9H2,1H3,(H,15,16)(H,19,20). The average Bonchev–Trinajstić information content (AvgIpc) is 2.92. The highest BCUT2D eigenvalue weighted by Crippen LogP contribution is 2.08. The molecule has 2 N–H and O–H groups in total. The van der Waals surface area contributed by atoms with Crippen molar-refractivity contribution in [2.45, 2.75) is 13.0 Å². The minimum atomic E-state index is -0.958. The van der Waals surface area contributed by atoms with E-state index in [1.54, 1.807) is 36.3 Å². The van der Waals surface area contributed by atoms with E-state index in [1.807, 2.05) is 0 Å². The van der Waals surface area contributed by atoms with Crippen molar-refractivity contribution in [1.29, 1.82) is 0 Å². The predicted octanol–water partition coefficient (Wildman–Crippen LogP) is 1.31. The molecule has 0 aliphatic heterocycles. The van der Waals surface area contributed by atoms with Crippen LogP contribution in [0.2, 0.25) is 0 Å². The van der Waals surface area contributed by atoms with E-state index in [-0.39, 0.29) is 17.9 Å². The number of amides is 1. The summed E-state index contributed by atoms with van der Waals surface area (Å²) in [5.41, 5.74) is 1.89. The molecule has 0 aliphatic rings. The summed E-state index contributed by atoms with van der Waals surface area (Å²) in [5, 5.41) is 15.4. The SMILES string of the molecule is CN(Cc1ccc(C(=O)O)cc1)C(=O)Cc1ccn[nH]1. The number of likely N-dealkylation sites (N-methyl/N-ethyl adjacent to an activating group) is 1. The molecule has 0 fully saturated rings. The molecule has 6 heteroatoms. The Kier molecular flexibility index (Phi) is 4.14. The molecule has 0 spiro atoms. The first-order valence-corrected chi connectivity index (χ1v) is 6.10. The first kappa shape index (κ1) is 13.8. The Labute approximate surface area is 116 Å². The van der Waals surface area contributed by atoms with Gasteiger partial charge < -0.3 is 10.0 Å². The van der Waals surface area contributed by atoms with Crippen molar-refractivity contribution in [2.75, 3.05) is 7.05 Å². The smallest absolute Gasteiger partial charge is 0.335 e. The van der Waals surface area contributed by atoms with Crippen LogP contribution >= 0.6 is 0 Å². The summed E-state index contributed by atoms with van der Waals surface area (Å²) < 4.78 is 0. The number of nitrogens with one attached hydrogen (secondary N) is 1. The highest BCUT2D eigenvalue weighted by Gasteiger charge is 2.11. The summed E-state index contributed by atoms with van der Waals surface area (Å²) in [5.74, 6) is -0.989. The van der Waals surface area contributed by atoms with E-state index in [4.69, 9.17) is 5.11 Å². The van der Waals surface area contributed by atoms with Crippen molar-refractivity contribution >= 4 is 11.9 Å². The molecule has 1 heterocycles. The molecule has 2 aromatic rings. The fourth-order valence-corrected chi connectivity index (χ4v) is 1.80. The molecule has 1 aromatic heterocycles. The number of nitrogens with zero attached hydrogens (tertiary/aromatic N) is 2. The predicted molar refractivity (Wildman–Crippen MR) is 72.2 cm³/mol. The van der Waals surface area contributed by atoms with Crippen LogP contribution in [0.25, 0.3) is 0 Å². The van der Waals surface area contributed by atoms with Crippen LogP contribution in [0.4, 0.5) is 0 Å². The summed E-state index contributed by atoms with van der Waals surface area (Å²) in [6.07, 6.45) is 1.87. The maximum atomic E-state index is 12.0. The normalized spacial score (nSPS) is 10.2. The van der Waals surface area contributed by atoms with Crippen molar-refractivity contribution in [3.8, 4) is 0 Å². The number of carboxylic acid groups (broad SMARTS) is 1. The molecule has 104 valence electrons. The zero-order chi connectivity index (χ0) is 14.5. The average molecular weight is 273 g/mol. The first-order valence-electron chi connectivity index (χ1n) is 6.10. The maximum absolute atomic E-state index is 12.0. The van der Waals surface area contributed by atoms with Crippen LogP contribution in [0.3, 0.4) is 0 Å². The van der Waals surface area contributed by atoms with E-state index in [2.05, 4.69) is 10.2 Å². The lowest BCUT2D eigenvalue weighted by Crippen LogP contribution is -2.27. The minimum Gasteiger partial charge on any atom is -0.478 e. The lowest BCUT2D eigenvalue weighted by Gasteiger charge is -2.17. The highest BCUT2D eigenvalue weighted by molar-refractivity contribution is 5.87. The van der Waals surface area contributed by atoms with E-state index in [9.17, 15) is 9.59 Å². The number of hydrogen-bond acceptors (Lipinski definition) is 3. The number of aromatic nitrogens is 2. The molecule has 2 rings (SSSR count). The van der Waals surface area contributed by atoms with Gasteiger partial charge in [-0.3, -0.25) is 9.89 Å². The van der Waals surface area contributed by atoms with Crippen LogP contribution in [0.15, 0.2) is 36.5 Å². The zero-order valence-corrected chi connectivity index (χ0v) is 11.0. The Bertz CT molecular complexity index is 591. The second-order valence-corrected chi connectivity index (χ2v) is 4.51. The second-order valence-electron chi connectivity index (χ2n) is 4.51. The van der Waals surface area contributed by atoms with Gasteiger partial charge in [-0.25, -0.2) is 4.79 Å². The molecule has 1 amide bonds. The number of carbonyl (C=O) groups is 2. The van der Waals surface area contributed by atoms with Crippen LogP contribution < -0.4 is 0 Å². The van der Waals surface area contributed by atoms with Crippen LogP contribution in [0.1, 0.15) is 21.6 Å². The highest BCUT2D eigenvalue weighted by atomic mass is 16.4. The molecule has 0 bridgehead atoms. The van der Waals surface area contributed by atoms with Crippen LogP contribution in [0, 0.1) is 0 Å². The number of rotatable bonds is 5. The Morgan fingerprint density at radius 2 is 1.95 bits per heavy atom. The van der Waals surface area contributed by atoms with Crippen molar-refractivity contribution in [3.05, 3.63) is 53.3 Å².